The summed E-state index contributed by atoms with van der Waals surface area (Å²) in [6.07, 6.45) is 0. The Bertz CT molecular complexity index is 1450. The molecule has 0 fully saturated rings. The van der Waals surface area contributed by atoms with Crippen molar-refractivity contribution in [1.82, 2.24) is 19.6 Å². The van der Waals surface area contributed by atoms with Crippen molar-refractivity contribution in [3.05, 3.63) is 82.8 Å². The first-order valence-corrected chi connectivity index (χ1v) is 10.0. The molecular weight excluding hydrogens is 417 g/mol. The molecule has 31 heavy (non-hydrogen) atoms. The van der Waals surface area contributed by atoms with E-state index in [1.54, 1.807) is 6.07 Å². The highest BCUT2D eigenvalue weighted by molar-refractivity contribution is 6.33. The molecule has 0 amide bonds. The Morgan fingerprint density at radius 1 is 1.06 bits per heavy atom. The molecule has 0 radical (unpaired) electrons. The number of phenols is 1. The molecule has 0 bridgehead atoms. The Kier molecular flexibility index (Phi) is 4.67. The van der Waals surface area contributed by atoms with Gasteiger partial charge in [-0.3, -0.25) is 4.40 Å². The van der Waals surface area contributed by atoms with Gasteiger partial charge in [-0.25, -0.2) is 9.37 Å². The van der Waals surface area contributed by atoms with E-state index in [0.29, 0.717) is 28.6 Å². The predicted molar refractivity (Wildman–Crippen MR) is 119 cm³/mol. The number of aromatic nitrogens is 4. The summed E-state index contributed by atoms with van der Waals surface area (Å²) in [6.45, 7) is 2.23. The minimum absolute atomic E-state index is 0.0900. The van der Waals surface area contributed by atoms with E-state index in [1.807, 2.05) is 53.8 Å². The van der Waals surface area contributed by atoms with Crippen molar-refractivity contribution >= 4 is 34.0 Å². The Hall–Kier alpha value is -3.71. The Balaban J connectivity index is 1.62. The summed E-state index contributed by atoms with van der Waals surface area (Å²) >= 11 is 6.42. The fraction of sp³-hybridized carbons (Fsp3) is 0.0870. The highest BCUT2D eigenvalue weighted by Crippen LogP contribution is 2.30. The molecule has 154 valence electrons. The number of aryl methyl sites for hydroxylation is 1. The first-order chi connectivity index (χ1) is 15.0. The lowest BCUT2D eigenvalue weighted by atomic mass is 10.1. The summed E-state index contributed by atoms with van der Waals surface area (Å²) in [5.41, 5.74) is 5.18. The lowest BCUT2D eigenvalue weighted by molar-refractivity contribution is 0.463. The first kappa shape index (κ1) is 19.3. The maximum Gasteiger partial charge on any atom is 0.183 e. The average molecular weight is 434 g/mol. The Morgan fingerprint density at radius 3 is 2.71 bits per heavy atom. The van der Waals surface area contributed by atoms with Crippen LogP contribution in [-0.4, -0.2) is 24.7 Å². The van der Waals surface area contributed by atoms with Gasteiger partial charge in [0.2, 0.25) is 0 Å². The van der Waals surface area contributed by atoms with E-state index in [0.717, 1.165) is 34.0 Å². The number of anilines is 1. The maximum atomic E-state index is 13.2. The average Bonchev–Trinajstić information content (AvgIpc) is 3.20. The van der Waals surface area contributed by atoms with Crippen LogP contribution in [0.25, 0.3) is 28.1 Å². The van der Waals surface area contributed by atoms with Crippen LogP contribution in [0.4, 0.5) is 10.1 Å². The second kappa shape index (κ2) is 7.52. The quantitative estimate of drug-likeness (QED) is 0.399. The number of aromatic hydroxyl groups is 1. The van der Waals surface area contributed by atoms with Crippen LogP contribution < -0.4 is 5.32 Å². The van der Waals surface area contributed by atoms with Crippen molar-refractivity contribution in [3.8, 4) is 17.1 Å². The summed E-state index contributed by atoms with van der Waals surface area (Å²) in [5, 5.41) is 22.5. The zero-order valence-corrected chi connectivity index (χ0v) is 17.2. The van der Waals surface area contributed by atoms with Crippen LogP contribution in [0, 0.1) is 12.7 Å². The van der Waals surface area contributed by atoms with Gasteiger partial charge in [0.15, 0.2) is 11.5 Å². The van der Waals surface area contributed by atoms with Crippen molar-refractivity contribution < 1.29 is 9.50 Å². The van der Waals surface area contributed by atoms with E-state index in [9.17, 15) is 9.50 Å². The summed E-state index contributed by atoms with van der Waals surface area (Å²) in [7, 11) is 0. The van der Waals surface area contributed by atoms with Gasteiger partial charge in [-0.2, -0.15) is 0 Å². The van der Waals surface area contributed by atoms with E-state index in [1.165, 1.54) is 6.07 Å². The molecule has 2 heterocycles. The third-order valence-electron chi connectivity index (χ3n) is 5.14. The van der Waals surface area contributed by atoms with Gasteiger partial charge in [0, 0.05) is 29.4 Å². The number of halogens is 2. The Labute approximate surface area is 182 Å². The molecule has 6 nitrogen and oxygen atoms in total. The molecule has 2 N–H and O–H groups in total. The van der Waals surface area contributed by atoms with Gasteiger partial charge in [-0.15, -0.1) is 10.2 Å². The van der Waals surface area contributed by atoms with E-state index < -0.39 is 5.82 Å². The molecule has 5 rings (SSSR count). The molecule has 0 spiro atoms. The number of fused-ring (bicyclic) bond motifs is 3. The van der Waals surface area contributed by atoms with Crippen LogP contribution in [0.2, 0.25) is 5.02 Å². The second-order valence-corrected chi connectivity index (χ2v) is 7.60. The van der Waals surface area contributed by atoms with Gasteiger partial charge in [0.05, 0.1) is 21.7 Å². The minimum Gasteiger partial charge on any atom is -0.507 e. The zero-order chi connectivity index (χ0) is 21.5. The van der Waals surface area contributed by atoms with Crippen molar-refractivity contribution in [3.63, 3.8) is 0 Å². The van der Waals surface area contributed by atoms with Crippen molar-refractivity contribution in [1.29, 1.82) is 0 Å². The molecular formula is C23H17ClFN5O. The van der Waals surface area contributed by atoms with Gasteiger partial charge >= 0.3 is 0 Å². The van der Waals surface area contributed by atoms with Crippen molar-refractivity contribution in [2.45, 2.75) is 13.5 Å². The number of hydrogen-bond donors (Lipinski definition) is 2. The molecule has 0 unspecified atom stereocenters. The van der Waals surface area contributed by atoms with Gasteiger partial charge in [-0.1, -0.05) is 29.8 Å². The summed E-state index contributed by atoms with van der Waals surface area (Å²) in [5.74, 6) is 0.0627. The molecule has 0 aliphatic heterocycles. The predicted octanol–water partition coefficient (Wildman–Crippen LogP) is 5.36. The van der Waals surface area contributed by atoms with Crippen molar-refractivity contribution in [2.75, 3.05) is 5.32 Å². The van der Waals surface area contributed by atoms with Crippen LogP contribution in [0.3, 0.4) is 0 Å². The van der Waals surface area contributed by atoms with Crippen LogP contribution in [-0.2, 0) is 6.54 Å². The first-order valence-electron chi connectivity index (χ1n) is 9.63. The van der Waals surface area contributed by atoms with Crippen LogP contribution >= 0.6 is 11.6 Å². The standard InChI is InChI=1S/C23H17ClFN5O/c1-13-22-28-29-23(17-4-2-3-5-18(17)24)30(22)20-11-16(8-9-19(20)27-13)26-12-14-6-7-15(25)10-21(14)31/h2-11,26,31H,12H2,1H3. The van der Waals surface area contributed by atoms with Crippen LogP contribution in [0.1, 0.15) is 11.3 Å². The highest BCUT2D eigenvalue weighted by Gasteiger charge is 2.16. The third kappa shape index (κ3) is 3.43. The number of hydrogen-bond acceptors (Lipinski definition) is 5. The third-order valence-corrected chi connectivity index (χ3v) is 5.47. The smallest absolute Gasteiger partial charge is 0.183 e. The lowest BCUT2D eigenvalue weighted by Crippen LogP contribution is -2.02. The number of nitrogens with one attached hydrogen (secondary N) is 1. The topological polar surface area (TPSA) is 75.3 Å². The van der Waals surface area contributed by atoms with E-state index in [4.69, 9.17) is 11.6 Å². The van der Waals surface area contributed by atoms with Crippen molar-refractivity contribution in [2.24, 2.45) is 0 Å². The van der Waals surface area contributed by atoms with E-state index >= 15 is 0 Å². The van der Waals surface area contributed by atoms with Gasteiger partial charge < -0.3 is 10.4 Å². The molecule has 3 aromatic carbocycles. The van der Waals surface area contributed by atoms with Crippen LogP contribution in [0.15, 0.2) is 60.7 Å². The fourth-order valence-electron chi connectivity index (χ4n) is 3.59. The fourth-order valence-corrected chi connectivity index (χ4v) is 3.81. The molecule has 2 aromatic heterocycles. The molecule has 8 heteroatoms. The zero-order valence-electron chi connectivity index (χ0n) is 16.5. The number of rotatable bonds is 4. The van der Waals surface area contributed by atoms with Crippen LogP contribution in [0.5, 0.6) is 5.75 Å². The minimum atomic E-state index is -0.476. The van der Waals surface area contributed by atoms with E-state index in [2.05, 4.69) is 20.5 Å². The SMILES string of the molecule is Cc1nc2ccc(NCc3ccc(F)cc3O)cc2n2c(-c3ccccc3Cl)nnc12. The van der Waals surface area contributed by atoms with Gasteiger partial charge in [-0.05, 0) is 43.3 Å². The summed E-state index contributed by atoms with van der Waals surface area (Å²) in [4.78, 5) is 4.65. The molecule has 0 aliphatic rings. The molecule has 0 atom stereocenters. The lowest BCUT2D eigenvalue weighted by Gasteiger charge is -2.11. The second-order valence-electron chi connectivity index (χ2n) is 7.19. The van der Waals surface area contributed by atoms with E-state index in [-0.39, 0.29) is 5.75 Å². The van der Waals surface area contributed by atoms with Gasteiger partial charge in [0.25, 0.3) is 0 Å². The Morgan fingerprint density at radius 2 is 1.90 bits per heavy atom. The molecule has 0 aliphatic carbocycles. The molecule has 0 saturated heterocycles. The largest absolute Gasteiger partial charge is 0.507 e. The number of benzene rings is 3. The number of phenolic OH excluding ortho intramolecular Hbond substituents is 1. The monoisotopic (exact) mass is 433 g/mol. The molecule has 5 aromatic rings. The maximum absolute atomic E-state index is 13.2. The summed E-state index contributed by atoms with van der Waals surface area (Å²) in [6, 6.07) is 17.2. The summed E-state index contributed by atoms with van der Waals surface area (Å²) < 4.78 is 15.2. The normalized spacial score (nSPS) is 11.3. The highest BCUT2D eigenvalue weighted by atomic mass is 35.5. The molecule has 0 saturated carbocycles. The number of nitrogens with zero attached hydrogens (tertiary/aromatic N) is 4. The van der Waals surface area contributed by atoms with Gasteiger partial charge in [0.1, 0.15) is 11.6 Å².